The third-order valence-electron chi connectivity index (χ3n) is 2.25. The number of nitrogens with zero attached hydrogens (tertiary/aromatic N) is 3. The molecular weight excluding hydrogens is 219 g/mol. The van der Waals surface area contributed by atoms with Gasteiger partial charge >= 0.3 is 0 Å². The lowest BCUT2D eigenvalue weighted by atomic mass is 10.1. The molecule has 0 radical (unpaired) electrons. The molecule has 0 unspecified atom stereocenters. The Morgan fingerprint density at radius 3 is 2.59 bits per heavy atom. The van der Waals surface area contributed by atoms with E-state index in [1.807, 2.05) is 14.1 Å². The number of rotatable bonds is 2. The molecule has 1 heterocycles. The first-order valence-electron chi connectivity index (χ1n) is 5.14. The van der Waals surface area contributed by atoms with E-state index in [9.17, 15) is 4.39 Å². The van der Waals surface area contributed by atoms with Gasteiger partial charge in [0, 0.05) is 25.7 Å². The minimum Gasteiger partial charge on any atom is -0.384 e. The van der Waals surface area contributed by atoms with Gasteiger partial charge in [0.05, 0.1) is 5.69 Å². The Morgan fingerprint density at radius 2 is 1.94 bits per heavy atom. The predicted molar refractivity (Wildman–Crippen MR) is 66.2 cm³/mol. The molecular formula is C12H13FN4. The van der Waals surface area contributed by atoms with Gasteiger partial charge in [0.2, 0.25) is 5.95 Å². The molecule has 0 bridgehead atoms. The van der Waals surface area contributed by atoms with Gasteiger partial charge in [0.25, 0.3) is 0 Å². The molecule has 0 saturated heterocycles. The molecule has 2 aromatic rings. The van der Waals surface area contributed by atoms with Crippen molar-refractivity contribution < 1.29 is 4.39 Å². The standard InChI is InChI=1S/C12H13FN4/c1-17(2)12-15-10(7-11(14)16-12)8-4-3-5-9(13)6-8/h3-7H,1-2H3,(H2,14,15,16). The first-order valence-corrected chi connectivity index (χ1v) is 5.14. The molecule has 0 aliphatic carbocycles. The van der Waals surface area contributed by atoms with Gasteiger partial charge in [-0.05, 0) is 12.1 Å². The number of nitrogen functional groups attached to an aromatic ring is 1. The molecule has 0 aliphatic heterocycles. The second-order valence-corrected chi connectivity index (χ2v) is 3.88. The molecule has 0 fully saturated rings. The van der Waals surface area contributed by atoms with Crippen LogP contribution in [-0.4, -0.2) is 24.1 Å². The van der Waals surface area contributed by atoms with Gasteiger partial charge in [-0.1, -0.05) is 12.1 Å². The van der Waals surface area contributed by atoms with Crippen LogP contribution in [0, 0.1) is 5.82 Å². The highest BCUT2D eigenvalue weighted by Gasteiger charge is 2.07. The van der Waals surface area contributed by atoms with E-state index in [1.54, 1.807) is 23.1 Å². The maximum absolute atomic E-state index is 13.1. The molecule has 0 spiro atoms. The van der Waals surface area contributed by atoms with Crippen LogP contribution >= 0.6 is 0 Å². The van der Waals surface area contributed by atoms with E-state index < -0.39 is 0 Å². The van der Waals surface area contributed by atoms with E-state index in [0.717, 1.165) is 0 Å². The van der Waals surface area contributed by atoms with Crippen LogP contribution in [0.4, 0.5) is 16.2 Å². The molecule has 0 saturated carbocycles. The maximum Gasteiger partial charge on any atom is 0.227 e. The summed E-state index contributed by atoms with van der Waals surface area (Å²) in [7, 11) is 3.65. The highest BCUT2D eigenvalue weighted by atomic mass is 19.1. The normalized spacial score (nSPS) is 10.3. The lowest BCUT2D eigenvalue weighted by Crippen LogP contribution is -2.14. The number of nitrogens with two attached hydrogens (primary N) is 1. The van der Waals surface area contributed by atoms with Gasteiger partial charge in [0.1, 0.15) is 11.6 Å². The highest BCUT2D eigenvalue weighted by Crippen LogP contribution is 2.21. The summed E-state index contributed by atoms with van der Waals surface area (Å²) >= 11 is 0. The Hall–Kier alpha value is -2.17. The molecule has 1 aromatic heterocycles. The van der Waals surface area contributed by atoms with Gasteiger partial charge in [-0.2, -0.15) is 4.98 Å². The van der Waals surface area contributed by atoms with Crippen LogP contribution in [0.25, 0.3) is 11.3 Å². The minimum absolute atomic E-state index is 0.300. The van der Waals surface area contributed by atoms with Crippen molar-refractivity contribution >= 4 is 11.8 Å². The minimum atomic E-state index is -0.300. The van der Waals surface area contributed by atoms with Crippen molar-refractivity contribution in [3.63, 3.8) is 0 Å². The summed E-state index contributed by atoms with van der Waals surface area (Å²) in [5.41, 5.74) is 7.00. The van der Waals surface area contributed by atoms with Crippen molar-refractivity contribution in [1.82, 2.24) is 9.97 Å². The molecule has 1 aromatic carbocycles. The average Bonchev–Trinajstić information content (AvgIpc) is 2.28. The van der Waals surface area contributed by atoms with E-state index in [4.69, 9.17) is 5.73 Å². The molecule has 0 amide bonds. The van der Waals surface area contributed by atoms with Crippen LogP contribution in [0.3, 0.4) is 0 Å². The molecule has 4 nitrogen and oxygen atoms in total. The monoisotopic (exact) mass is 232 g/mol. The summed E-state index contributed by atoms with van der Waals surface area (Å²) < 4.78 is 13.1. The second kappa shape index (κ2) is 4.37. The van der Waals surface area contributed by atoms with E-state index in [1.165, 1.54) is 12.1 Å². The van der Waals surface area contributed by atoms with Crippen molar-refractivity contribution in [1.29, 1.82) is 0 Å². The molecule has 0 aliphatic rings. The highest BCUT2D eigenvalue weighted by molar-refractivity contribution is 5.63. The third kappa shape index (κ3) is 2.50. The van der Waals surface area contributed by atoms with Crippen LogP contribution in [-0.2, 0) is 0 Å². The number of hydrogen-bond acceptors (Lipinski definition) is 4. The van der Waals surface area contributed by atoms with E-state index in [-0.39, 0.29) is 5.82 Å². The largest absolute Gasteiger partial charge is 0.384 e. The lowest BCUT2D eigenvalue weighted by Gasteiger charge is -2.12. The van der Waals surface area contributed by atoms with E-state index >= 15 is 0 Å². The number of anilines is 2. The second-order valence-electron chi connectivity index (χ2n) is 3.88. The zero-order chi connectivity index (χ0) is 12.4. The lowest BCUT2D eigenvalue weighted by molar-refractivity contribution is 0.628. The fraction of sp³-hybridized carbons (Fsp3) is 0.167. The summed E-state index contributed by atoms with van der Waals surface area (Å²) in [6, 6.07) is 7.85. The summed E-state index contributed by atoms with van der Waals surface area (Å²) in [4.78, 5) is 10.1. The predicted octanol–water partition coefficient (Wildman–Crippen LogP) is 1.93. The van der Waals surface area contributed by atoms with Gasteiger partial charge < -0.3 is 10.6 Å². The quantitative estimate of drug-likeness (QED) is 0.859. The van der Waals surface area contributed by atoms with Crippen LogP contribution < -0.4 is 10.6 Å². The van der Waals surface area contributed by atoms with Gasteiger partial charge in [0.15, 0.2) is 0 Å². The molecule has 0 atom stereocenters. The topological polar surface area (TPSA) is 55.0 Å². The summed E-state index contributed by atoms with van der Waals surface area (Å²) in [6.45, 7) is 0. The number of hydrogen-bond donors (Lipinski definition) is 1. The SMILES string of the molecule is CN(C)c1nc(N)cc(-c2cccc(F)c2)n1. The maximum atomic E-state index is 13.1. The van der Waals surface area contributed by atoms with Gasteiger partial charge in [-0.15, -0.1) is 0 Å². The zero-order valence-electron chi connectivity index (χ0n) is 9.68. The molecule has 5 heteroatoms. The number of halogens is 1. The summed E-state index contributed by atoms with van der Waals surface area (Å²) in [5.74, 6) is 0.568. The van der Waals surface area contributed by atoms with E-state index in [0.29, 0.717) is 23.0 Å². The number of benzene rings is 1. The first-order chi connectivity index (χ1) is 8.06. The fourth-order valence-electron chi connectivity index (χ4n) is 1.45. The van der Waals surface area contributed by atoms with Gasteiger partial charge in [-0.25, -0.2) is 9.37 Å². The van der Waals surface area contributed by atoms with E-state index in [2.05, 4.69) is 9.97 Å². The van der Waals surface area contributed by atoms with Crippen molar-refractivity contribution in [3.05, 3.63) is 36.1 Å². The summed E-state index contributed by atoms with van der Waals surface area (Å²) in [5, 5.41) is 0. The van der Waals surface area contributed by atoms with Crippen molar-refractivity contribution in [2.45, 2.75) is 0 Å². The van der Waals surface area contributed by atoms with Gasteiger partial charge in [-0.3, -0.25) is 0 Å². The Bertz CT molecular complexity index is 540. The third-order valence-corrected chi connectivity index (χ3v) is 2.25. The Morgan fingerprint density at radius 1 is 1.18 bits per heavy atom. The molecule has 88 valence electrons. The van der Waals surface area contributed by atoms with Crippen LogP contribution in [0.2, 0.25) is 0 Å². The summed E-state index contributed by atoms with van der Waals surface area (Å²) in [6.07, 6.45) is 0. The van der Waals surface area contributed by atoms with Crippen LogP contribution in [0.1, 0.15) is 0 Å². The Kier molecular flexibility index (Phi) is 2.91. The van der Waals surface area contributed by atoms with Crippen LogP contribution in [0.15, 0.2) is 30.3 Å². The zero-order valence-corrected chi connectivity index (χ0v) is 9.68. The smallest absolute Gasteiger partial charge is 0.227 e. The Balaban J connectivity index is 2.52. The van der Waals surface area contributed by atoms with Crippen LogP contribution in [0.5, 0.6) is 0 Å². The van der Waals surface area contributed by atoms with Crippen molar-refractivity contribution in [2.24, 2.45) is 0 Å². The Labute approximate surface area is 98.9 Å². The molecule has 2 N–H and O–H groups in total. The fourth-order valence-corrected chi connectivity index (χ4v) is 1.45. The van der Waals surface area contributed by atoms with Crippen molar-refractivity contribution in [2.75, 3.05) is 24.7 Å². The average molecular weight is 232 g/mol. The first kappa shape index (κ1) is 11.3. The molecule has 2 rings (SSSR count). The number of aromatic nitrogens is 2. The molecule has 17 heavy (non-hydrogen) atoms. The van der Waals surface area contributed by atoms with Crippen molar-refractivity contribution in [3.8, 4) is 11.3 Å².